The van der Waals surface area contributed by atoms with Gasteiger partial charge in [-0.25, -0.2) is 9.59 Å². The molecule has 0 spiro atoms. The van der Waals surface area contributed by atoms with Gasteiger partial charge in [-0.3, -0.25) is 0 Å². The van der Waals surface area contributed by atoms with Crippen LogP contribution in [0, 0.1) is 0 Å². The molecule has 0 fully saturated rings. The van der Waals surface area contributed by atoms with Gasteiger partial charge >= 0.3 is 12.1 Å². The summed E-state index contributed by atoms with van der Waals surface area (Å²) in [5, 5.41) is 0. The van der Waals surface area contributed by atoms with Crippen molar-refractivity contribution >= 4 is 18.1 Å². The zero-order chi connectivity index (χ0) is 17.7. The van der Waals surface area contributed by atoms with Gasteiger partial charge in [0.05, 0.1) is 6.61 Å². The lowest BCUT2D eigenvalue weighted by atomic mass is 9.97. The van der Waals surface area contributed by atoms with Crippen molar-refractivity contribution in [1.82, 2.24) is 4.90 Å². The predicted molar refractivity (Wildman–Crippen MR) is 92.5 cm³/mol. The predicted octanol–water partition coefficient (Wildman–Crippen LogP) is 3.56. The highest BCUT2D eigenvalue weighted by Gasteiger charge is 2.25. The maximum atomic E-state index is 12.2. The van der Waals surface area contributed by atoms with E-state index in [1.165, 1.54) is 11.6 Å². The molecular formula is C19H25NO4. The largest absolute Gasteiger partial charge is 0.463 e. The highest BCUT2D eigenvalue weighted by molar-refractivity contribution is 5.87. The molecule has 1 aromatic carbocycles. The molecule has 1 aliphatic rings. The Kier molecular flexibility index (Phi) is 5.65. The number of carbonyl (C=O) groups excluding carboxylic acids is 2. The van der Waals surface area contributed by atoms with Crippen LogP contribution in [0.1, 0.15) is 44.4 Å². The number of hydrogen-bond donors (Lipinski definition) is 0. The first-order valence-corrected chi connectivity index (χ1v) is 8.23. The number of amides is 1. The van der Waals surface area contributed by atoms with Crippen molar-refractivity contribution in [2.75, 3.05) is 13.2 Å². The maximum Gasteiger partial charge on any atom is 0.410 e. The molecule has 0 radical (unpaired) electrons. The van der Waals surface area contributed by atoms with Gasteiger partial charge in [0, 0.05) is 19.2 Å². The van der Waals surface area contributed by atoms with E-state index in [-0.39, 0.29) is 12.1 Å². The maximum absolute atomic E-state index is 12.2. The summed E-state index contributed by atoms with van der Waals surface area (Å²) in [7, 11) is 0. The molecule has 1 amide bonds. The minimum Gasteiger partial charge on any atom is -0.463 e. The monoisotopic (exact) mass is 331 g/mol. The quantitative estimate of drug-likeness (QED) is 0.628. The molecule has 0 aliphatic carbocycles. The van der Waals surface area contributed by atoms with Crippen LogP contribution in [-0.2, 0) is 27.2 Å². The number of rotatable bonds is 3. The van der Waals surface area contributed by atoms with E-state index < -0.39 is 5.60 Å². The van der Waals surface area contributed by atoms with Crippen LogP contribution in [0.15, 0.2) is 24.3 Å². The lowest BCUT2D eigenvalue weighted by Gasteiger charge is -2.31. The molecule has 24 heavy (non-hydrogen) atoms. The van der Waals surface area contributed by atoms with E-state index in [1.807, 2.05) is 39.0 Å². The SMILES string of the molecule is CCOC(=O)/C=C/c1ccc2c(c1)CN(C(=O)OC(C)(C)C)CC2. The zero-order valence-electron chi connectivity index (χ0n) is 14.8. The second-order valence-corrected chi connectivity index (χ2v) is 6.77. The molecule has 1 aromatic rings. The Balaban J connectivity index is 2.08. The molecule has 130 valence electrons. The summed E-state index contributed by atoms with van der Waals surface area (Å²) >= 11 is 0. The first-order chi connectivity index (χ1) is 11.3. The van der Waals surface area contributed by atoms with Gasteiger partial charge in [-0.1, -0.05) is 12.1 Å². The molecule has 0 saturated carbocycles. The van der Waals surface area contributed by atoms with Crippen molar-refractivity contribution in [1.29, 1.82) is 0 Å². The Bertz CT molecular complexity index is 643. The van der Waals surface area contributed by atoms with Crippen molar-refractivity contribution in [2.24, 2.45) is 0 Å². The van der Waals surface area contributed by atoms with E-state index in [0.29, 0.717) is 19.7 Å². The number of nitrogens with zero attached hydrogens (tertiary/aromatic N) is 1. The normalized spacial score (nSPS) is 14.4. The first-order valence-electron chi connectivity index (χ1n) is 8.23. The van der Waals surface area contributed by atoms with Crippen molar-refractivity contribution in [2.45, 2.75) is 46.3 Å². The molecule has 5 heteroatoms. The lowest BCUT2D eigenvalue weighted by Crippen LogP contribution is -2.39. The number of hydrogen-bond acceptors (Lipinski definition) is 4. The minimum absolute atomic E-state index is 0.291. The summed E-state index contributed by atoms with van der Waals surface area (Å²) in [6, 6.07) is 6.02. The van der Waals surface area contributed by atoms with Gasteiger partial charge in [0.15, 0.2) is 0 Å². The average Bonchev–Trinajstić information content (AvgIpc) is 2.51. The molecule has 1 heterocycles. The van der Waals surface area contributed by atoms with Gasteiger partial charge in [-0.05, 0) is 62.9 Å². The van der Waals surface area contributed by atoms with Crippen LogP contribution in [0.25, 0.3) is 6.08 Å². The van der Waals surface area contributed by atoms with Crippen molar-refractivity contribution < 1.29 is 19.1 Å². The van der Waals surface area contributed by atoms with Gasteiger partial charge in [-0.2, -0.15) is 0 Å². The summed E-state index contributed by atoms with van der Waals surface area (Å²) in [4.78, 5) is 25.3. The molecule has 0 N–H and O–H groups in total. The second kappa shape index (κ2) is 7.51. The molecule has 0 unspecified atom stereocenters. The van der Waals surface area contributed by atoms with Gasteiger partial charge in [0.1, 0.15) is 5.60 Å². The molecule has 0 aromatic heterocycles. The topological polar surface area (TPSA) is 55.8 Å². The summed E-state index contributed by atoms with van der Waals surface area (Å²) < 4.78 is 10.3. The fourth-order valence-electron chi connectivity index (χ4n) is 2.52. The highest BCUT2D eigenvalue weighted by Crippen LogP contribution is 2.22. The summed E-state index contributed by atoms with van der Waals surface area (Å²) in [5.74, 6) is -0.356. The van der Waals surface area contributed by atoms with E-state index in [2.05, 4.69) is 0 Å². The number of benzene rings is 1. The Morgan fingerprint density at radius 1 is 1.25 bits per heavy atom. The standard InChI is InChI=1S/C19H25NO4/c1-5-23-17(21)9-7-14-6-8-15-10-11-20(13-16(15)12-14)18(22)24-19(2,3)4/h6-9,12H,5,10-11,13H2,1-4H3/b9-7+. The summed E-state index contributed by atoms with van der Waals surface area (Å²) in [6.45, 7) is 8.89. The summed E-state index contributed by atoms with van der Waals surface area (Å²) in [6.07, 6.45) is 3.65. The Morgan fingerprint density at radius 2 is 2.00 bits per heavy atom. The van der Waals surface area contributed by atoms with Crippen molar-refractivity contribution in [3.05, 3.63) is 41.0 Å². The molecule has 0 saturated heterocycles. The van der Waals surface area contributed by atoms with E-state index in [9.17, 15) is 9.59 Å². The van der Waals surface area contributed by atoms with Crippen LogP contribution < -0.4 is 0 Å². The number of fused-ring (bicyclic) bond motifs is 1. The smallest absolute Gasteiger partial charge is 0.410 e. The fraction of sp³-hybridized carbons (Fsp3) is 0.474. The number of ether oxygens (including phenoxy) is 2. The second-order valence-electron chi connectivity index (χ2n) is 6.77. The molecule has 0 bridgehead atoms. The average molecular weight is 331 g/mol. The van der Waals surface area contributed by atoms with Crippen LogP contribution in [0.2, 0.25) is 0 Å². The number of esters is 1. The van der Waals surface area contributed by atoms with Crippen LogP contribution in [0.4, 0.5) is 4.79 Å². The Labute approximate surface area is 143 Å². The fourth-order valence-corrected chi connectivity index (χ4v) is 2.52. The van der Waals surface area contributed by atoms with E-state index >= 15 is 0 Å². The van der Waals surface area contributed by atoms with Gasteiger partial charge in [0.25, 0.3) is 0 Å². The van der Waals surface area contributed by atoms with Crippen LogP contribution in [0.5, 0.6) is 0 Å². The van der Waals surface area contributed by atoms with Crippen LogP contribution in [-0.4, -0.2) is 35.7 Å². The number of carbonyl (C=O) groups is 2. The zero-order valence-corrected chi connectivity index (χ0v) is 14.8. The van der Waals surface area contributed by atoms with Crippen LogP contribution >= 0.6 is 0 Å². The molecular weight excluding hydrogens is 306 g/mol. The first kappa shape index (κ1) is 18.0. The van der Waals surface area contributed by atoms with Crippen molar-refractivity contribution in [3.63, 3.8) is 0 Å². The molecule has 5 nitrogen and oxygen atoms in total. The van der Waals surface area contributed by atoms with Gasteiger partial charge in [0.2, 0.25) is 0 Å². The molecule has 0 atom stereocenters. The van der Waals surface area contributed by atoms with Crippen LogP contribution in [0.3, 0.4) is 0 Å². The Hall–Kier alpha value is -2.30. The molecule has 2 rings (SSSR count). The third-order valence-electron chi connectivity index (χ3n) is 3.59. The minimum atomic E-state index is -0.498. The van der Waals surface area contributed by atoms with Gasteiger partial charge in [-0.15, -0.1) is 0 Å². The highest BCUT2D eigenvalue weighted by atomic mass is 16.6. The third kappa shape index (κ3) is 5.11. The third-order valence-corrected chi connectivity index (χ3v) is 3.59. The van der Waals surface area contributed by atoms with E-state index in [4.69, 9.17) is 9.47 Å². The lowest BCUT2D eigenvalue weighted by molar-refractivity contribution is -0.137. The summed E-state index contributed by atoms with van der Waals surface area (Å²) in [5.41, 5.74) is 2.72. The van der Waals surface area contributed by atoms with E-state index in [0.717, 1.165) is 17.5 Å². The van der Waals surface area contributed by atoms with E-state index in [1.54, 1.807) is 17.9 Å². The molecule has 1 aliphatic heterocycles. The van der Waals surface area contributed by atoms with Crippen molar-refractivity contribution in [3.8, 4) is 0 Å². The van der Waals surface area contributed by atoms with Gasteiger partial charge < -0.3 is 14.4 Å². The Morgan fingerprint density at radius 3 is 2.67 bits per heavy atom.